The molecule has 122 valence electrons. The fourth-order valence-electron chi connectivity index (χ4n) is 2.03. The molecule has 0 fully saturated rings. The van der Waals surface area contributed by atoms with Gasteiger partial charge < -0.3 is 9.73 Å². The van der Waals surface area contributed by atoms with Crippen molar-refractivity contribution < 1.29 is 17.6 Å². The van der Waals surface area contributed by atoms with Gasteiger partial charge in [0.15, 0.2) is 5.76 Å². The largest absolute Gasteiger partial charge is 0.439 e. The van der Waals surface area contributed by atoms with Crippen LogP contribution < -0.4 is 5.32 Å². The molecular weight excluding hydrogens is 394 g/mol. The quantitative estimate of drug-likeness (QED) is 0.707. The van der Waals surface area contributed by atoms with Crippen molar-refractivity contribution in [3.63, 3.8) is 0 Å². The summed E-state index contributed by atoms with van der Waals surface area (Å²) in [6, 6.07) is 17.6. The Morgan fingerprint density at radius 3 is 2.25 bits per heavy atom. The van der Waals surface area contributed by atoms with E-state index in [1.54, 1.807) is 36.4 Å². The maximum atomic E-state index is 12.5. The highest BCUT2D eigenvalue weighted by molar-refractivity contribution is 9.10. The standard InChI is InChI=1S/C17H12BrNO4S/c18-12-6-8-14(9-7-12)24(21,22)16-11-10-15(23-16)17(20)19-13-4-2-1-3-5-13/h1-11H,(H,19,20). The Labute approximate surface area is 147 Å². The highest BCUT2D eigenvalue weighted by atomic mass is 79.9. The first kappa shape index (κ1) is 16.5. The molecule has 2 aromatic carbocycles. The van der Waals surface area contributed by atoms with E-state index in [0.717, 1.165) is 4.47 Å². The molecule has 7 heteroatoms. The number of amides is 1. The van der Waals surface area contributed by atoms with Crippen molar-refractivity contribution in [3.8, 4) is 0 Å². The van der Waals surface area contributed by atoms with Gasteiger partial charge in [-0.15, -0.1) is 0 Å². The lowest BCUT2D eigenvalue weighted by atomic mass is 10.3. The average Bonchev–Trinajstić information content (AvgIpc) is 3.07. The van der Waals surface area contributed by atoms with Crippen molar-refractivity contribution in [1.29, 1.82) is 0 Å². The first-order valence-corrected chi connectivity index (χ1v) is 9.21. The van der Waals surface area contributed by atoms with E-state index in [1.165, 1.54) is 24.3 Å². The second-order valence-corrected chi connectivity index (χ2v) is 7.69. The van der Waals surface area contributed by atoms with Gasteiger partial charge in [-0.2, -0.15) is 0 Å². The summed E-state index contributed by atoms with van der Waals surface area (Å²) in [4.78, 5) is 12.2. The molecule has 0 radical (unpaired) electrons. The molecule has 0 aliphatic rings. The third-order valence-corrected chi connectivity index (χ3v) is 5.40. The molecule has 5 nitrogen and oxygen atoms in total. The molecule has 3 rings (SSSR count). The van der Waals surface area contributed by atoms with Crippen LogP contribution in [-0.4, -0.2) is 14.3 Å². The number of furan rings is 1. The van der Waals surface area contributed by atoms with E-state index < -0.39 is 15.7 Å². The molecule has 3 aromatic rings. The summed E-state index contributed by atoms with van der Waals surface area (Å²) in [6.07, 6.45) is 0. The first-order valence-electron chi connectivity index (χ1n) is 6.94. The highest BCUT2D eigenvalue weighted by Crippen LogP contribution is 2.24. The number of hydrogen-bond donors (Lipinski definition) is 1. The summed E-state index contributed by atoms with van der Waals surface area (Å²) in [6.45, 7) is 0. The topological polar surface area (TPSA) is 76.4 Å². The summed E-state index contributed by atoms with van der Waals surface area (Å²) < 4.78 is 31.0. The second kappa shape index (κ2) is 6.62. The van der Waals surface area contributed by atoms with Crippen LogP contribution in [0, 0.1) is 0 Å². The van der Waals surface area contributed by atoms with Gasteiger partial charge in [-0.3, -0.25) is 4.79 Å². The molecule has 1 amide bonds. The van der Waals surface area contributed by atoms with Gasteiger partial charge in [0, 0.05) is 10.2 Å². The second-order valence-electron chi connectivity index (χ2n) is 4.90. The third-order valence-electron chi connectivity index (χ3n) is 3.23. The minimum atomic E-state index is -3.81. The van der Waals surface area contributed by atoms with Crippen molar-refractivity contribution in [2.75, 3.05) is 5.32 Å². The fourth-order valence-corrected chi connectivity index (χ4v) is 3.47. The van der Waals surface area contributed by atoms with Gasteiger partial charge in [0.05, 0.1) is 4.90 Å². The van der Waals surface area contributed by atoms with Gasteiger partial charge >= 0.3 is 0 Å². The van der Waals surface area contributed by atoms with Gasteiger partial charge in [-0.25, -0.2) is 8.42 Å². The molecule has 0 spiro atoms. The number of rotatable bonds is 4. The average molecular weight is 406 g/mol. The van der Waals surface area contributed by atoms with Crippen molar-refractivity contribution in [3.05, 3.63) is 77.0 Å². The highest BCUT2D eigenvalue weighted by Gasteiger charge is 2.23. The summed E-state index contributed by atoms with van der Waals surface area (Å²) in [5, 5.41) is 2.36. The first-order chi connectivity index (χ1) is 11.5. The van der Waals surface area contributed by atoms with E-state index in [4.69, 9.17) is 4.42 Å². The van der Waals surface area contributed by atoms with Crippen LogP contribution >= 0.6 is 15.9 Å². The number of carbonyl (C=O) groups excluding carboxylic acids is 1. The van der Waals surface area contributed by atoms with Crippen molar-refractivity contribution in [2.45, 2.75) is 9.99 Å². The van der Waals surface area contributed by atoms with E-state index in [2.05, 4.69) is 21.2 Å². The zero-order chi connectivity index (χ0) is 17.2. The SMILES string of the molecule is O=C(Nc1ccccc1)c1ccc(S(=O)(=O)c2ccc(Br)cc2)o1. The van der Waals surface area contributed by atoms with E-state index in [0.29, 0.717) is 5.69 Å². The van der Waals surface area contributed by atoms with Crippen LogP contribution in [0.25, 0.3) is 0 Å². The van der Waals surface area contributed by atoms with Crippen LogP contribution in [0.4, 0.5) is 5.69 Å². The molecule has 1 aromatic heterocycles. The lowest BCUT2D eigenvalue weighted by Crippen LogP contribution is -2.10. The number of para-hydroxylation sites is 1. The Balaban J connectivity index is 1.84. The maximum Gasteiger partial charge on any atom is 0.291 e. The molecule has 24 heavy (non-hydrogen) atoms. The Bertz CT molecular complexity index is 963. The van der Waals surface area contributed by atoms with Crippen LogP contribution in [0.3, 0.4) is 0 Å². The normalized spacial score (nSPS) is 11.2. The Morgan fingerprint density at radius 1 is 0.917 bits per heavy atom. The third kappa shape index (κ3) is 3.42. The molecule has 0 unspecified atom stereocenters. The monoisotopic (exact) mass is 405 g/mol. The van der Waals surface area contributed by atoms with Gasteiger partial charge in [-0.1, -0.05) is 34.1 Å². The van der Waals surface area contributed by atoms with Gasteiger partial charge in [0.2, 0.25) is 14.9 Å². The number of carbonyl (C=O) groups is 1. The van der Waals surface area contributed by atoms with Crippen LogP contribution in [0.2, 0.25) is 0 Å². The van der Waals surface area contributed by atoms with Gasteiger partial charge in [0.25, 0.3) is 5.91 Å². The number of sulfone groups is 1. The van der Waals surface area contributed by atoms with Crippen LogP contribution in [0.5, 0.6) is 0 Å². The Kier molecular flexibility index (Phi) is 4.55. The Morgan fingerprint density at radius 2 is 1.58 bits per heavy atom. The van der Waals surface area contributed by atoms with Crippen LogP contribution in [-0.2, 0) is 9.84 Å². The van der Waals surface area contributed by atoms with Crippen molar-refractivity contribution >= 4 is 37.4 Å². The lowest BCUT2D eigenvalue weighted by molar-refractivity contribution is 0.0991. The van der Waals surface area contributed by atoms with Gasteiger partial charge in [-0.05, 0) is 48.5 Å². The van der Waals surface area contributed by atoms with E-state index >= 15 is 0 Å². The Hall–Kier alpha value is -2.38. The van der Waals surface area contributed by atoms with Gasteiger partial charge in [0.1, 0.15) is 0 Å². The number of anilines is 1. The fraction of sp³-hybridized carbons (Fsp3) is 0. The molecule has 1 heterocycles. The minimum Gasteiger partial charge on any atom is -0.439 e. The van der Waals surface area contributed by atoms with E-state index in [-0.39, 0.29) is 15.7 Å². The maximum absolute atomic E-state index is 12.5. The predicted octanol–water partition coefficient (Wildman–Crippen LogP) is 4.13. The number of halogens is 1. The molecule has 0 saturated carbocycles. The van der Waals surface area contributed by atoms with E-state index in [1.807, 2.05) is 6.07 Å². The molecule has 0 aliphatic carbocycles. The summed E-state index contributed by atoms with van der Waals surface area (Å²) in [5.74, 6) is -0.590. The van der Waals surface area contributed by atoms with Crippen molar-refractivity contribution in [1.82, 2.24) is 0 Å². The zero-order valence-corrected chi connectivity index (χ0v) is 14.7. The van der Waals surface area contributed by atoms with E-state index in [9.17, 15) is 13.2 Å². The molecule has 1 N–H and O–H groups in total. The molecular formula is C17H12BrNO4S. The van der Waals surface area contributed by atoms with Crippen molar-refractivity contribution in [2.24, 2.45) is 0 Å². The smallest absolute Gasteiger partial charge is 0.291 e. The zero-order valence-electron chi connectivity index (χ0n) is 12.3. The summed E-state index contributed by atoms with van der Waals surface area (Å²) in [5.41, 5.74) is 0.594. The van der Waals surface area contributed by atoms with Crippen LogP contribution in [0.1, 0.15) is 10.6 Å². The minimum absolute atomic E-state index is 0.0745. The molecule has 0 bridgehead atoms. The summed E-state index contributed by atoms with van der Waals surface area (Å²) in [7, 11) is -3.81. The number of benzene rings is 2. The lowest BCUT2D eigenvalue weighted by Gasteiger charge is -2.03. The molecule has 0 aliphatic heterocycles. The predicted molar refractivity (Wildman–Crippen MR) is 92.7 cm³/mol. The van der Waals surface area contributed by atoms with Crippen LogP contribution in [0.15, 0.2) is 85.6 Å². The molecule has 0 saturated heterocycles. The number of nitrogens with one attached hydrogen (secondary N) is 1. The number of hydrogen-bond acceptors (Lipinski definition) is 4. The molecule has 0 atom stereocenters. The summed E-state index contributed by atoms with van der Waals surface area (Å²) >= 11 is 3.25.